The fraction of sp³-hybridized carbons (Fsp3) is 0.732. The van der Waals surface area contributed by atoms with Crippen LogP contribution in [0.1, 0.15) is 323 Å². The first-order chi connectivity index (χ1) is 45.7. The molecule has 1 heterocycles. The molecule has 0 spiro atoms. The molecule has 11 heteroatoms. The molecule has 0 aromatic rings. The lowest BCUT2D eigenvalue weighted by Crippen LogP contribution is -2.61. The molecule has 1 saturated heterocycles. The summed E-state index contributed by atoms with van der Waals surface area (Å²) >= 11 is 0. The molecule has 93 heavy (non-hydrogen) atoms. The van der Waals surface area contributed by atoms with Crippen LogP contribution in [0.25, 0.3) is 0 Å². The number of ether oxygens (including phenoxy) is 3. The zero-order valence-corrected chi connectivity index (χ0v) is 59.6. The Kier molecular flexibility index (Phi) is 63.7. The largest absolute Gasteiger partial charge is 0.454 e. The Hall–Kier alpha value is -3.94. The minimum Gasteiger partial charge on any atom is -0.454 e. The van der Waals surface area contributed by atoms with Crippen molar-refractivity contribution in [2.45, 2.75) is 372 Å². The topological polar surface area (TPSA) is 175 Å². The number of rotatable bonds is 65. The lowest BCUT2D eigenvalue weighted by atomic mass is 9.99. The Labute approximate surface area is 570 Å². The summed E-state index contributed by atoms with van der Waals surface area (Å²) in [5, 5.41) is 57.3. The molecule has 8 atom stereocenters. The van der Waals surface area contributed by atoms with Crippen LogP contribution in [0, 0.1) is 0 Å². The van der Waals surface area contributed by atoms with Gasteiger partial charge in [0.05, 0.1) is 25.4 Å². The molecule has 1 fully saturated rings. The zero-order chi connectivity index (χ0) is 67.4. The predicted octanol–water partition coefficient (Wildman–Crippen LogP) is 20.5. The number of esters is 1. The van der Waals surface area contributed by atoms with Crippen molar-refractivity contribution in [2.75, 3.05) is 13.2 Å². The SMILES string of the molecule is CC/C=C\C/C=C\C/C=C\C/C=C\C/C=C\CCCCCCCCCCCCC(O)C(=O)NC(COC1OC(CO)C(O)C(O)C1OC(=O)CCCCCCCCCCCCC/C=C\C/C=C\C/C=C\C/C=C\CCCCC)C(O)/C=C/CCCCCCCCCCC. The Morgan fingerprint density at radius 3 is 1.18 bits per heavy atom. The van der Waals surface area contributed by atoms with Crippen LogP contribution in [0.5, 0.6) is 0 Å². The van der Waals surface area contributed by atoms with Crippen LogP contribution in [0.15, 0.2) is 122 Å². The lowest BCUT2D eigenvalue weighted by molar-refractivity contribution is -0.305. The van der Waals surface area contributed by atoms with Crippen molar-refractivity contribution in [3.63, 3.8) is 0 Å². The highest BCUT2D eigenvalue weighted by Crippen LogP contribution is 2.26. The van der Waals surface area contributed by atoms with E-state index in [1.54, 1.807) is 6.08 Å². The Morgan fingerprint density at radius 2 is 0.774 bits per heavy atom. The highest BCUT2D eigenvalue weighted by Gasteiger charge is 2.47. The number of unbranched alkanes of at least 4 members (excludes halogenated alkanes) is 33. The van der Waals surface area contributed by atoms with Crippen molar-refractivity contribution in [3.05, 3.63) is 122 Å². The van der Waals surface area contributed by atoms with Gasteiger partial charge in [0.25, 0.3) is 0 Å². The first-order valence-corrected chi connectivity index (χ1v) is 38.3. The smallest absolute Gasteiger partial charge is 0.306 e. The summed E-state index contributed by atoms with van der Waals surface area (Å²) in [4.78, 5) is 26.7. The number of carbonyl (C=O) groups is 2. The molecule has 8 unspecified atom stereocenters. The molecule has 0 radical (unpaired) electrons. The summed E-state index contributed by atoms with van der Waals surface area (Å²) < 4.78 is 17.7. The molecular weight excluding hydrogens is 1160 g/mol. The number of allylic oxidation sites excluding steroid dienone is 19. The van der Waals surface area contributed by atoms with Crippen LogP contribution < -0.4 is 5.32 Å². The predicted molar refractivity (Wildman–Crippen MR) is 393 cm³/mol. The maximum absolute atomic E-state index is 13.5. The second-order valence-electron chi connectivity index (χ2n) is 26.0. The first kappa shape index (κ1) is 87.1. The van der Waals surface area contributed by atoms with E-state index in [1.807, 2.05) is 6.08 Å². The Bertz CT molecular complexity index is 1980. The summed E-state index contributed by atoms with van der Waals surface area (Å²) in [6.07, 6.45) is 85.3. The van der Waals surface area contributed by atoms with E-state index in [9.17, 15) is 35.1 Å². The van der Waals surface area contributed by atoms with E-state index in [0.29, 0.717) is 12.8 Å². The standard InChI is InChI=1S/C82H141NO10/c1-4-7-10-13-16-19-22-24-26-28-30-32-34-36-38-40-42-44-46-48-50-52-55-58-61-64-67-70-77(87)93-80-79(89)78(88)76(71-84)92-82(80)91-72-73(74(85)68-65-62-59-56-53-21-18-15-12-9-6-3)83-81(90)75(86)69-66-63-60-57-54-51-49-47-45-43-41-39-37-35-33-31-29-27-25-23-20-17-14-11-8-5-2/h8,11,16-17,19-20,24-27,30-33,36-39,65,68,73-76,78-80,82,84-86,88-89H,4-7,9-10,12-15,18,21-23,28-29,34-35,40-64,66-67,69-72H2,1-3H3,(H,83,90)/b11-8-,19-16-,20-17-,26-24-,27-25-,32-30-,33-31-,38-36-,39-37-,68-65+. The number of carbonyl (C=O) groups excluding carboxylic acids is 2. The van der Waals surface area contributed by atoms with E-state index in [0.717, 1.165) is 122 Å². The molecule has 534 valence electrons. The van der Waals surface area contributed by atoms with E-state index in [1.165, 1.54) is 154 Å². The van der Waals surface area contributed by atoms with E-state index >= 15 is 0 Å². The molecule has 6 N–H and O–H groups in total. The second kappa shape index (κ2) is 68.0. The van der Waals surface area contributed by atoms with E-state index in [4.69, 9.17) is 14.2 Å². The van der Waals surface area contributed by atoms with E-state index < -0.39 is 67.4 Å². The van der Waals surface area contributed by atoms with Gasteiger partial charge in [0.2, 0.25) is 5.91 Å². The zero-order valence-electron chi connectivity index (χ0n) is 59.6. The van der Waals surface area contributed by atoms with Crippen LogP contribution in [0.4, 0.5) is 0 Å². The molecule has 0 saturated carbocycles. The number of hydrogen-bond donors (Lipinski definition) is 6. The van der Waals surface area contributed by atoms with Crippen molar-refractivity contribution < 1.29 is 49.3 Å². The fourth-order valence-corrected chi connectivity index (χ4v) is 11.4. The summed E-state index contributed by atoms with van der Waals surface area (Å²) in [5.74, 6) is -1.20. The number of nitrogens with one attached hydrogen (secondary N) is 1. The van der Waals surface area contributed by atoms with Crippen LogP contribution in [0.2, 0.25) is 0 Å². The molecule has 0 aliphatic carbocycles. The summed E-state index contributed by atoms with van der Waals surface area (Å²) in [5.41, 5.74) is 0. The van der Waals surface area contributed by atoms with Gasteiger partial charge >= 0.3 is 5.97 Å². The third kappa shape index (κ3) is 54.8. The van der Waals surface area contributed by atoms with Crippen molar-refractivity contribution in [3.8, 4) is 0 Å². The van der Waals surface area contributed by atoms with Crippen molar-refractivity contribution >= 4 is 11.9 Å². The quantitative estimate of drug-likeness (QED) is 0.0195. The molecule has 0 aromatic heterocycles. The molecule has 0 bridgehead atoms. The van der Waals surface area contributed by atoms with Gasteiger partial charge < -0.3 is 45.1 Å². The monoisotopic (exact) mass is 1300 g/mol. The molecule has 1 aliphatic heterocycles. The first-order valence-electron chi connectivity index (χ1n) is 38.3. The summed E-state index contributed by atoms with van der Waals surface area (Å²) in [6, 6.07) is -1.03. The molecule has 1 rings (SSSR count). The highest BCUT2D eigenvalue weighted by molar-refractivity contribution is 5.80. The molecule has 11 nitrogen and oxygen atoms in total. The Morgan fingerprint density at radius 1 is 0.430 bits per heavy atom. The number of aliphatic hydroxyl groups is 5. The van der Waals surface area contributed by atoms with Crippen LogP contribution in [-0.4, -0.2) is 99.6 Å². The van der Waals surface area contributed by atoms with Gasteiger partial charge in [0, 0.05) is 6.42 Å². The van der Waals surface area contributed by atoms with Crippen LogP contribution in [0.3, 0.4) is 0 Å². The number of hydrogen-bond acceptors (Lipinski definition) is 10. The normalized spacial score (nSPS) is 18.6. The van der Waals surface area contributed by atoms with Gasteiger partial charge in [-0.05, 0) is 116 Å². The van der Waals surface area contributed by atoms with Gasteiger partial charge in [-0.1, -0.05) is 322 Å². The van der Waals surface area contributed by atoms with Gasteiger partial charge in [-0.25, -0.2) is 0 Å². The molecular formula is C82H141NO10. The summed E-state index contributed by atoms with van der Waals surface area (Å²) in [7, 11) is 0. The third-order valence-electron chi connectivity index (χ3n) is 17.3. The minimum atomic E-state index is -1.62. The highest BCUT2D eigenvalue weighted by atomic mass is 16.7. The lowest BCUT2D eigenvalue weighted by Gasteiger charge is -2.41. The Balaban J connectivity index is 2.51. The van der Waals surface area contributed by atoms with Crippen LogP contribution >= 0.6 is 0 Å². The van der Waals surface area contributed by atoms with Gasteiger partial charge in [-0.15, -0.1) is 0 Å². The fourth-order valence-electron chi connectivity index (χ4n) is 11.4. The van der Waals surface area contributed by atoms with E-state index in [-0.39, 0.29) is 19.4 Å². The maximum Gasteiger partial charge on any atom is 0.306 e. The average Bonchev–Trinajstić information content (AvgIpc) is 0.974. The average molecular weight is 1300 g/mol. The van der Waals surface area contributed by atoms with Gasteiger partial charge in [-0.3, -0.25) is 9.59 Å². The van der Waals surface area contributed by atoms with Gasteiger partial charge in [0.1, 0.15) is 24.4 Å². The number of amides is 1. The van der Waals surface area contributed by atoms with Gasteiger partial charge in [-0.2, -0.15) is 0 Å². The second-order valence-corrected chi connectivity index (χ2v) is 26.0. The molecule has 0 aromatic carbocycles. The van der Waals surface area contributed by atoms with Crippen molar-refractivity contribution in [2.24, 2.45) is 0 Å². The molecule has 1 amide bonds. The minimum absolute atomic E-state index is 0.115. The van der Waals surface area contributed by atoms with Gasteiger partial charge in [0.15, 0.2) is 12.4 Å². The van der Waals surface area contributed by atoms with E-state index in [2.05, 4.69) is 135 Å². The maximum atomic E-state index is 13.5. The summed E-state index contributed by atoms with van der Waals surface area (Å²) in [6.45, 7) is 5.67. The van der Waals surface area contributed by atoms with Crippen molar-refractivity contribution in [1.29, 1.82) is 0 Å². The third-order valence-corrected chi connectivity index (χ3v) is 17.3. The molecule has 1 aliphatic rings. The number of aliphatic hydroxyl groups excluding tert-OH is 5. The van der Waals surface area contributed by atoms with Crippen molar-refractivity contribution in [1.82, 2.24) is 5.32 Å². The van der Waals surface area contributed by atoms with Crippen LogP contribution in [-0.2, 0) is 23.8 Å².